The van der Waals surface area contributed by atoms with E-state index in [0.717, 1.165) is 12.1 Å². The average molecular weight is 317 g/mol. The molecule has 22 heavy (non-hydrogen) atoms. The Balaban J connectivity index is 2.85. The van der Waals surface area contributed by atoms with Gasteiger partial charge in [0.1, 0.15) is 11.3 Å². The molecule has 0 fully saturated rings. The number of aromatic carboxylic acids is 1. The van der Waals surface area contributed by atoms with Gasteiger partial charge in [0.15, 0.2) is 0 Å². The maximum absolute atomic E-state index is 12.3. The number of carbonyl (C=O) groups excluding carboxylic acids is 1. The summed E-state index contributed by atoms with van der Waals surface area (Å²) in [5.41, 5.74) is -0.222. The molecular weight excluding hydrogens is 303 g/mol. The van der Waals surface area contributed by atoms with E-state index in [-0.39, 0.29) is 5.91 Å². The molecular formula is C14H14F3NO4. The van der Waals surface area contributed by atoms with Gasteiger partial charge in [0.2, 0.25) is 5.91 Å². The van der Waals surface area contributed by atoms with E-state index in [2.05, 4.69) is 10.1 Å². The molecule has 5 nitrogen and oxygen atoms in total. The number of hydrogen-bond donors (Lipinski definition) is 2. The Bertz CT molecular complexity index is 582. The van der Waals surface area contributed by atoms with E-state index in [1.807, 2.05) is 0 Å². The zero-order valence-corrected chi connectivity index (χ0v) is 11.6. The summed E-state index contributed by atoms with van der Waals surface area (Å²) in [7, 11) is 0. The molecule has 0 heterocycles. The molecule has 0 radical (unpaired) electrons. The summed E-state index contributed by atoms with van der Waals surface area (Å²) in [4.78, 5) is 21.5. The first-order valence-electron chi connectivity index (χ1n) is 6.23. The van der Waals surface area contributed by atoms with Gasteiger partial charge in [-0.1, -0.05) is 18.2 Å². The third-order valence-corrected chi connectivity index (χ3v) is 2.46. The predicted octanol–water partition coefficient (Wildman–Crippen LogP) is 2.82. The normalized spacial score (nSPS) is 11.5. The second-order valence-electron chi connectivity index (χ2n) is 4.28. The van der Waals surface area contributed by atoms with Gasteiger partial charge in [0.25, 0.3) is 0 Å². The van der Waals surface area contributed by atoms with Crippen molar-refractivity contribution in [1.82, 2.24) is 5.32 Å². The van der Waals surface area contributed by atoms with Crippen molar-refractivity contribution in [2.24, 2.45) is 0 Å². The van der Waals surface area contributed by atoms with Crippen LogP contribution in [0.1, 0.15) is 29.3 Å². The number of rotatable bonds is 6. The number of carboxylic acids is 1. The maximum atomic E-state index is 12.3. The van der Waals surface area contributed by atoms with Gasteiger partial charge >= 0.3 is 12.3 Å². The fourth-order valence-electron chi connectivity index (χ4n) is 1.58. The van der Waals surface area contributed by atoms with Crippen LogP contribution in [0.5, 0.6) is 5.75 Å². The lowest BCUT2D eigenvalue weighted by atomic mass is 10.1. The van der Waals surface area contributed by atoms with E-state index < -0.39 is 23.6 Å². The van der Waals surface area contributed by atoms with E-state index in [1.54, 1.807) is 6.08 Å². The highest BCUT2D eigenvalue weighted by Gasteiger charge is 2.33. The zero-order chi connectivity index (χ0) is 16.8. The van der Waals surface area contributed by atoms with Crippen molar-refractivity contribution < 1.29 is 32.6 Å². The van der Waals surface area contributed by atoms with Crippen LogP contribution in [0.2, 0.25) is 0 Å². The first kappa shape index (κ1) is 17.5. The Hall–Kier alpha value is -2.51. The number of halogens is 3. The summed E-state index contributed by atoms with van der Waals surface area (Å²) in [5, 5.41) is 11.4. The smallest absolute Gasteiger partial charge is 0.478 e. The summed E-state index contributed by atoms with van der Waals surface area (Å²) < 4.78 is 40.5. The van der Waals surface area contributed by atoms with Crippen LogP contribution in [0.3, 0.4) is 0 Å². The van der Waals surface area contributed by atoms with Crippen molar-refractivity contribution in [3.8, 4) is 5.75 Å². The standard InChI is InChI=1S/C14H14F3NO4/c1-9(19)18-7-3-2-4-10-5-6-11(13(20)21)12(8-10)22-14(15,16)17/h2,4-6,8H,3,7H2,1H3,(H,18,19)(H,20,21). The van der Waals surface area contributed by atoms with Crippen molar-refractivity contribution in [3.63, 3.8) is 0 Å². The molecule has 1 aromatic rings. The molecule has 0 bridgehead atoms. The Morgan fingerprint density at radius 3 is 2.59 bits per heavy atom. The molecule has 8 heteroatoms. The highest BCUT2D eigenvalue weighted by Crippen LogP contribution is 2.28. The molecule has 0 saturated carbocycles. The van der Waals surface area contributed by atoms with E-state index in [0.29, 0.717) is 18.5 Å². The van der Waals surface area contributed by atoms with Gasteiger partial charge in [0.05, 0.1) is 0 Å². The highest BCUT2D eigenvalue weighted by atomic mass is 19.4. The average Bonchev–Trinajstić information content (AvgIpc) is 2.35. The molecule has 2 N–H and O–H groups in total. The summed E-state index contributed by atoms with van der Waals surface area (Å²) in [6, 6.07) is 3.39. The fraction of sp³-hybridized carbons (Fsp3) is 0.286. The number of alkyl halides is 3. The molecule has 120 valence electrons. The van der Waals surface area contributed by atoms with Crippen LogP contribution in [0, 0.1) is 0 Å². The second-order valence-corrected chi connectivity index (χ2v) is 4.28. The third kappa shape index (κ3) is 6.29. The van der Waals surface area contributed by atoms with E-state index in [9.17, 15) is 22.8 Å². The Labute approximate surface area is 124 Å². The molecule has 1 amide bonds. The minimum Gasteiger partial charge on any atom is -0.478 e. The molecule has 0 atom stereocenters. The Kier molecular flexibility index (Phi) is 5.97. The first-order chi connectivity index (χ1) is 10.2. The molecule has 1 rings (SSSR count). The number of carbonyl (C=O) groups is 2. The fourth-order valence-corrected chi connectivity index (χ4v) is 1.58. The Morgan fingerprint density at radius 2 is 2.05 bits per heavy atom. The number of ether oxygens (including phenoxy) is 1. The molecule has 0 aliphatic heterocycles. The predicted molar refractivity (Wildman–Crippen MR) is 72.4 cm³/mol. The number of hydrogen-bond acceptors (Lipinski definition) is 3. The number of carboxylic acid groups (broad SMARTS) is 1. The number of amides is 1. The van der Waals surface area contributed by atoms with Crippen LogP contribution in [0.15, 0.2) is 24.3 Å². The van der Waals surface area contributed by atoms with E-state index in [4.69, 9.17) is 5.11 Å². The van der Waals surface area contributed by atoms with Gasteiger partial charge in [-0.05, 0) is 24.1 Å². The highest BCUT2D eigenvalue weighted by molar-refractivity contribution is 5.91. The summed E-state index contributed by atoms with van der Waals surface area (Å²) in [6.07, 6.45) is -1.34. The SMILES string of the molecule is CC(=O)NCCC=Cc1ccc(C(=O)O)c(OC(F)(F)F)c1. The van der Waals surface area contributed by atoms with Crippen molar-refractivity contribution in [2.45, 2.75) is 19.7 Å². The van der Waals surface area contributed by atoms with Gasteiger partial charge in [-0.2, -0.15) is 0 Å². The van der Waals surface area contributed by atoms with Crippen LogP contribution >= 0.6 is 0 Å². The van der Waals surface area contributed by atoms with Crippen LogP contribution in [0.25, 0.3) is 6.08 Å². The van der Waals surface area contributed by atoms with E-state index in [1.165, 1.54) is 19.1 Å². The van der Waals surface area contributed by atoms with Crippen LogP contribution < -0.4 is 10.1 Å². The molecule has 0 unspecified atom stereocenters. The topological polar surface area (TPSA) is 75.6 Å². The summed E-state index contributed by atoms with van der Waals surface area (Å²) in [5.74, 6) is -2.47. The third-order valence-electron chi connectivity index (χ3n) is 2.46. The van der Waals surface area contributed by atoms with Gasteiger partial charge < -0.3 is 15.2 Å². The number of benzene rings is 1. The van der Waals surface area contributed by atoms with Gasteiger partial charge in [-0.15, -0.1) is 13.2 Å². The van der Waals surface area contributed by atoms with Gasteiger partial charge in [0, 0.05) is 13.5 Å². The monoisotopic (exact) mass is 317 g/mol. The first-order valence-corrected chi connectivity index (χ1v) is 6.23. The van der Waals surface area contributed by atoms with Crippen molar-refractivity contribution in [2.75, 3.05) is 6.54 Å². The van der Waals surface area contributed by atoms with E-state index >= 15 is 0 Å². The second kappa shape index (κ2) is 7.48. The summed E-state index contributed by atoms with van der Waals surface area (Å²) >= 11 is 0. The lowest BCUT2D eigenvalue weighted by Crippen LogP contribution is -2.20. The zero-order valence-electron chi connectivity index (χ0n) is 11.6. The van der Waals surface area contributed by atoms with Gasteiger partial charge in [-0.3, -0.25) is 4.79 Å². The minimum atomic E-state index is -4.97. The molecule has 0 aliphatic carbocycles. The van der Waals surface area contributed by atoms with Crippen molar-refractivity contribution >= 4 is 18.0 Å². The Morgan fingerprint density at radius 1 is 1.36 bits per heavy atom. The van der Waals surface area contributed by atoms with Gasteiger partial charge in [-0.25, -0.2) is 4.79 Å². The molecule has 0 spiro atoms. The van der Waals surface area contributed by atoms with Crippen LogP contribution in [-0.2, 0) is 4.79 Å². The van der Waals surface area contributed by atoms with Crippen LogP contribution in [-0.4, -0.2) is 29.9 Å². The van der Waals surface area contributed by atoms with Crippen LogP contribution in [0.4, 0.5) is 13.2 Å². The summed E-state index contributed by atoms with van der Waals surface area (Å²) in [6.45, 7) is 1.76. The van der Waals surface area contributed by atoms with Crippen molar-refractivity contribution in [1.29, 1.82) is 0 Å². The lowest BCUT2D eigenvalue weighted by Gasteiger charge is -2.11. The molecule has 0 saturated heterocycles. The van der Waals surface area contributed by atoms with Crippen molar-refractivity contribution in [3.05, 3.63) is 35.4 Å². The maximum Gasteiger partial charge on any atom is 0.573 e. The minimum absolute atomic E-state index is 0.180. The number of nitrogens with one attached hydrogen (secondary N) is 1. The molecule has 0 aromatic heterocycles. The quantitative estimate of drug-likeness (QED) is 0.791. The molecule has 0 aliphatic rings. The lowest BCUT2D eigenvalue weighted by molar-refractivity contribution is -0.274. The molecule has 1 aromatic carbocycles. The largest absolute Gasteiger partial charge is 0.573 e.